The summed E-state index contributed by atoms with van der Waals surface area (Å²) in [5.41, 5.74) is 1.90. The molecule has 2 fully saturated rings. The van der Waals surface area contributed by atoms with Crippen molar-refractivity contribution in [3.63, 3.8) is 0 Å². The van der Waals surface area contributed by atoms with E-state index < -0.39 is 0 Å². The van der Waals surface area contributed by atoms with Crippen molar-refractivity contribution < 1.29 is 14.3 Å². The van der Waals surface area contributed by atoms with Gasteiger partial charge in [-0.1, -0.05) is 25.3 Å². The Morgan fingerprint density at radius 1 is 1.23 bits per heavy atom. The number of methoxy groups -OCH3 is 1. The van der Waals surface area contributed by atoms with Gasteiger partial charge in [-0.2, -0.15) is 4.98 Å². The van der Waals surface area contributed by atoms with Crippen molar-refractivity contribution in [2.24, 2.45) is 5.92 Å². The highest BCUT2D eigenvalue weighted by Gasteiger charge is 2.36. The average molecular weight is 548 g/mol. The molecule has 1 aliphatic carbocycles. The molecule has 3 heterocycles. The number of rotatable bonds is 8. The first-order valence-electron chi connectivity index (χ1n) is 14.5. The summed E-state index contributed by atoms with van der Waals surface area (Å²) in [4.78, 5) is 39.7. The topological polar surface area (TPSA) is 112 Å². The van der Waals surface area contributed by atoms with E-state index in [1.54, 1.807) is 37.4 Å². The SMILES string of the molecule is C=CCC1CN(C2CCCCC2)c2nc(Nc3ccc(C(=O)N[C@@H]4CCCNC4)cc3OC)ncc2N(C)C1=O. The monoisotopic (exact) mass is 547 g/mol. The van der Waals surface area contributed by atoms with Gasteiger partial charge in [0.25, 0.3) is 5.91 Å². The first kappa shape index (κ1) is 27.9. The molecule has 1 saturated heterocycles. The standard InChI is InChI=1S/C30H41N7O3/c1-4-9-21-19-37(23-11-6-5-7-12-23)27-25(36(2)29(21)39)18-32-30(35-27)34-24-14-13-20(16-26(24)40-3)28(38)33-22-10-8-15-31-17-22/h4,13-14,16,18,21-23,31H,1,5-12,15,17,19H2,2-3H3,(H,33,38)(H,32,34,35)/t21?,22-/m1/s1. The predicted molar refractivity (Wildman–Crippen MR) is 158 cm³/mol. The molecule has 1 aromatic heterocycles. The minimum Gasteiger partial charge on any atom is -0.495 e. The van der Waals surface area contributed by atoms with Gasteiger partial charge in [0.15, 0.2) is 5.82 Å². The smallest absolute Gasteiger partial charge is 0.251 e. The van der Waals surface area contributed by atoms with Crippen LogP contribution in [0.25, 0.3) is 0 Å². The Labute approximate surface area is 236 Å². The number of allylic oxidation sites excluding steroid dienone is 1. The number of piperidine rings is 1. The molecule has 2 aromatic rings. The van der Waals surface area contributed by atoms with Crippen molar-refractivity contribution in [1.82, 2.24) is 20.6 Å². The molecule has 2 atom stereocenters. The molecule has 5 rings (SSSR count). The summed E-state index contributed by atoms with van der Waals surface area (Å²) >= 11 is 0. The maximum absolute atomic E-state index is 13.3. The summed E-state index contributed by atoms with van der Waals surface area (Å²) in [5, 5.41) is 9.72. The number of nitrogens with zero attached hydrogens (tertiary/aromatic N) is 4. The summed E-state index contributed by atoms with van der Waals surface area (Å²) < 4.78 is 5.64. The van der Waals surface area contributed by atoms with E-state index in [2.05, 4.69) is 32.4 Å². The van der Waals surface area contributed by atoms with Gasteiger partial charge < -0.3 is 30.5 Å². The number of carbonyl (C=O) groups excluding carboxylic acids is 2. The van der Waals surface area contributed by atoms with Crippen LogP contribution in [0.2, 0.25) is 0 Å². The second kappa shape index (κ2) is 12.7. The van der Waals surface area contributed by atoms with E-state index in [1.165, 1.54) is 19.3 Å². The Morgan fingerprint density at radius 3 is 2.77 bits per heavy atom. The molecular weight excluding hydrogens is 506 g/mol. The van der Waals surface area contributed by atoms with Crippen LogP contribution in [0.4, 0.5) is 23.1 Å². The van der Waals surface area contributed by atoms with Gasteiger partial charge in [-0.25, -0.2) is 4.98 Å². The first-order chi connectivity index (χ1) is 19.5. The van der Waals surface area contributed by atoms with E-state index in [1.807, 2.05) is 12.1 Å². The maximum atomic E-state index is 13.3. The molecule has 2 amide bonds. The molecular formula is C30H41N7O3. The maximum Gasteiger partial charge on any atom is 0.251 e. The summed E-state index contributed by atoms with van der Waals surface area (Å²) in [6.45, 7) is 6.27. The molecule has 10 nitrogen and oxygen atoms in total. The second-order valence-electron chi connectivity index (χ2n) is 11.0. The fraction of sp³-hybridized carbons (Fsp3) is 0.533. The molecule has 0 radical (unpaired) electrons. The summed E-state index contributed by atoms with van der Waals surface area (Å²) in [6.07, 6.45) is 12.0. The summed E-state index contributed by atoms with van der Waals surface area (Å²) in [7, 11) is 3.38. The third-order valence-electron chi connectivity index (χ3n) is 8.29. The Morgan fingerprint density at radius 2 is 2.05 bits per heavy atom. The summed E-state index contributed by atoms with van der Waals surface area (Å²) in [6, 6.07) is 5.78. The average Bonchev–Trinajstić information content (AvgIpc) is 3.09. The molecule has 3 N–H and O–H groups in total. The molecule has 3 aliphatic rings. The third kappa shape index (κ3) is 6.06. The number of ether oxygens (including phenoxy) is 1. The van der Waals surface area contributed by atoms with Crippen molar-refractivity contribution in [1.29, 1.82) is 0 Å². The van der Waals surface area contributed by atoms with Crippen LogP contribution in [0.3, 0.4) is 0 Å². The van der Waals surface area contributed by atoms with Crippen molar-refractivity contribution in [3.05, 3.63) is 42.6 Å². The molecule has 0 bridgehead atoms. The zero-order valence-electron chi connectivity index (χ0n) is 23.6. The number of hydrogen-bond acceptors (Lipinski definition) is 8. The van der Waals surface area contributed by atoms with E-state index in [9.17, 15) is 9.59 Å². The number of hydrogen-bond donors (Lipinski definition) is 3. The van der Waals surface area contributed by atoms with Crippen molar-refractivity contribution >= 4 is 35.0 Å². The number of fused-ring (bicyclic) bond motifs is 1. The summed E-state index contributed by atoms with van der Waals surface area (Å²) in [5.74, 6) is 1.45. The van der Waals surface area contributed by atoms with Crippen LogP contribution >= 0.6 is 0 Å². The van der Waals surface area contributed by atoms with Crippen molar-refractivity contribution in [2.45, 2.75) is 63.5 Å². The largest absolute Gasteiger partial charge is 0.495 e. The molecule has 1 saturated carbocycles. The van der Waals surface area contributed by atoms with Crippen LogP contribution in [0, 0.1) is 5.92 Å². The highest BCUT2D eigenvalue weighted by molar-refractivity contribution is 5.99. The number of aromatic nitrogens is 2. The lowest BCUT2D eigenvalue weighted by atomic mass is 9.93. The predicted octanol–water partition coefficient (Wildman–Crippen LogP) is 4.02. The number of amides is 2. The normalized spacial score (nSPS) is 21.8. The Bertz CT molecular complexity index is 1220. The first-order valence-corrected chi connectivity index (χ1v) is 14.5. The Hall–Kier alpha value is -3.66. The van der Waals surface area contributed by atoms with Gasteiger partial charge in [0, 0.05) is 37.8 Å². The molecule has 10 heteroatoms. The fourth-order valence-electron chi connectivity index (χ4n) is 6.06. The van der Waals surface area contributed by atoms with E-state index >= 15 is 0 Å². The Kier molecular flexibility index (Phi) is 8.84. The molecule has 214 valence electrons. The Balaban J connectivity index is 1.41. The number of carbonyl (C=O) groups is 2. The van der Waals surface area contributed by atoms with Crippen LogP contribution in [-0.2, 0) is 4.79 Å². The highest BCUT2D eigenvalue weighted by atomic mass is 16.5. The van der Waals surface area contributed by atoms with Gasteiger partial charge >= 0.3 is 0 Å². The second-order valence-corrected chi connectivity index (χ2v) is 11.0. The van der Waals surface area contributed by atoms with Gasteiger partial charge in [-0.3, -0.25) is 9.59 Å². The van der Waals surface area contributed by atoms with Crippen LogP contribution in [0.5, 0.6) is 5.75 Å². The van der Waals surface area contributed by atoms with E-state index in [4.69, 9.17) is 9.72 Å². The van der Waals surface area contributed by atoms with E-state index in [0.717, 1.165) is 44.6 Å². The van der Waals surface area contributed by atoms with Crippen LogP contribution in [-0.4, -0.2) is 67.7 Å². The number of nitrogens with one attached hydrogen (secondary N) is 3. The quantitative estimate of drug-likeness (QED) is 0.425. The zero-order chi connectivity index (χ0) is 28.1. The molecule has 40 heavy (non-hydrogen) atoms. The molecule has 0 spiro atoms. The van der Waals surface area contributed by atoms with Gasteiger partial charge in [0.1, 0.15) is 11.4 Å². The lowest BCUT2D eigenvalue weighted by Gasteiger charge is -2.36. The van der Waals surface area contributed by atoms with E-state index in [0.29, 0.717) is 47.6 Å². The lowest BCUT2D eigenvalue weighted by molar-refractivity contribution is -0.121. The molecule has 1 unspecified atom stereocenters. The van der Waals surface area contributed by atoms with Gasteiger partial charge in [-0.05, 0) is 56.8 Å². The third-order valence-corrected chi connectivity index (χ3v) is 8.29. The zero-order valence-corrected chi connectivity index (χ0v) is 23.6. The van der Waals surface area contributed by atoms with Crippen LogP contribution in [0.1, 0.15) is 61.7 Å². The van der Waals surface area contributed by atoms with Gasteiger partial charge in [0.2, 0.25) is 11.9 Å². The van der Waals surface area contributed by atoms with Gasteiger partial charge in [-0.15, -0.1) is 6.58 Å². The van der Waals surface area contributed by atoms with E-state index in [-0.39, 0.29) is 23.8 Å². The lowest BCUT2D eigenvalue weighted by Crippen LogP contribution is -2.45. The molecule has 1 aromatic carbocycles. The van der Waals surface area contributed by atoms with Gasteiger partial charge in [0.05, 0.1) is 24.9 Å². The van der Waals surface area contributed by atoms with Crippen molar-refractivity contribution in [2.75, 3.05) is 48.9 Å². The van der Waals surface area contributed by atoms with Crippen LogP contribution < -0.4 is 30.5 Å². The minimum atomic E-state index is -0.182. The highest BCUT2D eigenvalue weighted by Crippen LogP contribution is 2.38. The minimum absolute atomic E-state index is 0.0586. The molecule has 2 aliphatic heterocycles. The number of anilines is 4. The fourth-order valence-corrected chi connectivity index (χ4v) is 6.06. The number of benzene rings is 1. The van der Waals surface area contributed by atoms with Crippen molar-refractivity contribution in [3.8, 4) is 5.75 Å². The van der Waals surface area contributed by atoms with Crippen LogP contribution in [0.15, 0.2) is 37.1 Å².